The number of benzene rings is 1. The smallest absolute Gasteiger partial charge is 0.251 e. The van der Waals surface area contributed by atoms with E-state index < -0.39 is 6.04 Å². The molecule has 5 N–H and O–H groups in total. The van der Waals surface area contributed by atoms with E-state index in [1.807, 2.05) is 13.0 Å². The van der Waals surface area contributed by atoms with Crippen molar-refractivity contribution in [2.45, 2.75) is 45.6 Å². The van der Waals surface area contributed by atoms with Crippen LogP contribution in [0.15, 0.2) is 18.2 Å². The molecule has 0 bridgehead atoms. The highest BCUT2D eigenvalue weighted by molar-refractivity contribution is 5.81. The highest BCUT2D eigenvalue weighted by Gasteiger charge is 2.17. The average molecular weight is 249 g/mol. The first kappa shape index (κ1) is 14.7. The van der Waals surface area contributed by atoms with E-state index in [1.54, 1.807) is 0 Å². The number of hydrogen-bond donors (Lipinski definition) is 3. The van der Waals surface area contributed by atoms with Crippen LogP contribution in [0.3, 0.4) is 0 Å². The third kappa shape index (κ3) is 3.55. The molecule has 1 rings (SSSR count). The van der Waals surface area contributed by atoms with Gasteiger partial charge in [0.25, 0.3) is 5.91 Å². The number of hydrazine groups is 1. The Morgan fingerprint density at radius 3 is 2.44 bits per heavy atom. The molecular formula is C14H23N3O. The predicted molar refractivity (Wildman–Crippen MR) is 73.9 cm³/mol. The van der Waals surface area contributed by atoms with Crippen LogP contribution in [0.4, 0.5) is 0 Å². The van der Waals surface area contributed by atoms with Crippen molar-refractivity contribution in [2.75, 3.05) is 0 Å². The van der Waals surface area contributed by atoms with Gasteiger partial charge in [-0.15, -0.1) is 0 Å². The van der Waals surface area contributed by atoms with Crippen molar-refractivity contribution in [1.29, 1.82) is 0 Å². The summed E-state index contributed by atoms with van der Waals surface area (Å²) in [5, 5.41) is 0. The maximum Gasteiger partial charge on any atom is 0.251 e. The van der Waals surface area contributed by atoms with Gasteiger partial charge in [0.2, 0.25) is 0 Å². The molecule has 4 nitrogen and oxygen atoms in total. The summed E-state index contributed by atoms with van der Waals surface area (Å²) in [4.78, 5) is 11.3. The van der Waals surface area contributed by atoms with Gasteiger partial charge in [0.1, 0.15) is 0 Å². The van der Waals surface area contributed by atoms with E-state index in [0.29, 0.717) is 6.42 Å². The molecule has 0 aliphatic carbocycles. The predicted octanol–water partition coefficient (Wildman–Crippen LogP) is 1.15. The van der Waals surface area contributed by atoms with Crippen LogP contribution in [0.25, 0.3) is 0 Å². The van der Waals surface area contributed by atoms with Crippen LogP contribution in [-0.4, -0.2) is 11.9 Å². The fourth-order valence-corrected chi connectivity index (χ4v) is 1.83. The summed E-state index contributed by atoms with van der Waals surface area (Å²) in [5.41, 5.74) is 11.5. The van der Waals surface area contributed by atoms with Gasteiger partial charge < -0.3 is 5.73 Å². The highest BCUT2D eigenvalue weighted by atomic mass is 16.2. The molecule has 0 saturated heterocycles. The summed E-state index contributed by atoms with van der Waals surface area (Å²) in [6.45, 7) is 8.57. The molecule has 0 aliphatic rings. The Bertz CT molecular complexity index is 435. The Balaban J connectivity index is 2.90. The Labute approximate surface area is 109 Å². The van der Waals surface area contributed by atoms with Crippen LogP contribution >= 0.6 is 0 Å². The van der Waals surface area contributed by atoms with Crippen LogP contribution in [-0.2, 0) is 16.6 Å². The summed E-state index contributed by atoms with van der Waals surface area (Å²) in [6, 6.07) is 5.69. The minimum atomic E-state index is -0.603. The molecule has 1 aromatic rings. The topological polar surface area (TPSA) is 81.1 Å². The first-order valence-corrected chi connectivity index (χ1v) is 6.11. The molecule has 0 radical (unpaired) electrons. The van der Waals surface area contributed by atoms with E-state index in [2.05, 4.69) is 38.3 Å². The second-order valence-corrected chi connectivity index (χ2v) is 5.71. The molecule has 18 heavy (non-hydrogen) atoms. The second kappa shape index (κ2) is 5.50. The fourth-order valence-electron chi connectivity index (χ4n) is 1.83. The Hall–Kier alpha value is -1.39. The quantitative estimate of drug-likeness (QED) is 0.427. The number of nitrogens with one attached hydrogen (secondary N) is 1. The molecule has 1 amide bonds. The van der Waals surface area contributed by atoms with Crippen LogP contribution in [0.5, 0.6) is 0 Å². The van der Waals surface area contributed by atoms with Gasteiger partial charge >= 0.3 is 0 Å². The summed E-state index contributed by atoms with van der Waals surface area (Å²) < 4.78 is 0. The van der Waals surface area contributed by atoms with E-state index in [-0.39, 0.29) is 11.3 Å². The zero-order chi connectivity index (χ0) is 13.9. The molecule has 4 heteroatoms. The zero-order valence-corrected chi connectivity index (χ0v) is 11.6. The maximum absolute atomic E-state index is 11.3. The summed E-state index contributed by atoms with van der Waals surface area (Å²) in [7, 11) is 0. The highest BCUT2D eigenvalue weighted by Crippen LogP contribution is 2.24. The van der Waals surface area contributed by atoms with E-state index in [0.717, 1.165) is 11.1 Å². The molecule has 0 spiro atoms. The summed E-state index contributed by atoms with van der Waals surface area (Å²) in [6.07, 6.45) is 0.499. The number of hydrogen-bond acceptors (Lipinski definition) is 3. The lowest BCUT2D eigenvalue weighted by molar-refractivity contribution is -0.122. The first-order valence-electron chi connectivity index (χ1n) is 6.11. The van der Waals surface area contributed by atoms with E-state index in [4.69, 9.17) is 11.6 Å². The molecule has 0 heterocycles. The minimum Gasteiger partial charge on any atom is -0.320 e. The molecule has 0 aromatic heterocycles. The molecule has 1 aromatic carbocycles. The van der Waals surface area contributed by atoms with Gasteiger partial charge in [-0.25, -0.2) is 5.84 Å². The molecule has 0 aliphatic heterocycles. The van der Waals surface area contributed by atoms with Crippen LogP contribution in [0.2, 0.25) is 0 Å². The molecule has 100 valence electrons. The van der Waals surface area contributed by atoms with E-state index in [9.17, 15) is 4.79 Å². The molecule has 1 atom stereocenters. The van der Waals surface area contributed by atoms with E-state index >= 15 is 0 Å². The van der Waals surface area contributed by atoms with Gasteiger partial charge in [-0.1, -0.05) is 39.0 Å². The first-order chi connectivity index (χ1) is 8.25. The monoisotopic (exact) mass is 249 g/mol. The van der Waals surface area contributed by atoms with E-state index in [1.165, 1.54) is 5.56 Å². The van der Waals surface area contributed by atoms with Crippen molar-refractivity contribution in [3.8, 4) is 0 Å². The number of aryl methyl sites for hydroxylation is 1. The van der Waals surface area contributed by atoms with Crippen molar-refractivity contribution in [2.24, 2.45) is 11.6 Å². The van der Waals surface area contributed by atoms with Crippen LogP contribution in [0, 0.1) is 6.92 Å². The summed E-state index contributed by atoms with van der Waals surface area (Å²) >= 11 is 0. The maximum atomic E-state index is 11.3. The Morgan fingerprint density at radius 1 is 1.39 bits per heavy atom. The lowest BCUT2D eigenvalue weighted by Gasteiger charge is -2.21. The number of nitrogens with two attached hydrogens (primary N) is 2. The van der Waals surface area contributed by atoms with Crippen LogP contribution < -0.4 is 17.0 Å². The SMILES string of the molecule is Cc1cc(C(C)(C)C)ccc1CC(N)C(=O)NN. The summed E-state index contributed by atoms with van der Waals surface area (Å²) in [5.74, 6) is 4.73. The molecular weight excluding hydrogens is 226 g/mol. The van der Waals surface area contributed by atoms with Crippen molar-refractivity contribution in [3.63, 3.8) is 0 Å². The average Bonchev–Trinajstić information content (AvgIpc) is 2.29. The van der Waals surface area contributed by atoms with Crippen molar-refractivity contribution < 1.29 is 4.79 Å². The number of amides is 1. The lowest BCUT2D eigenvalue weighted by Crippen LogP contribution is -2.45. The molecule has 0 fully saturated rings. The molecule has 1 unspecified atom stereocenters. The third-order valence-corrected chi connectivity index (χ3v) is 3.13. The van der Waals surface area contributed by atoms with Gasteiger partial charge in [0.15, 0.2) is 0 Å². The van der Waals surface area contributed by atoms with Gasteiger partial charge in [0.05, 0.1) is 6.04 Å². The van der Waals surface area contributed by atoms with Gasteiger partial charge in [0, 0.05) is 0 Å². The number of rotatable bonds is 3. The fraction of sp³-hybridized carbons (Fsp3) is 0.500. The zero-order valence-electron chi connectivity index (χ0n) is 11.6. The molecule has 0 saturated carbocycles. The van der Waals surface area contributed by atoms with Crippen molar-refractivity contribution in [3.05, 3.63) is 34.9 Å². The number of carbonyl (C=O) groups excluding carboxylic acids is 1. The normalized spacial score (nSPS) is 13.2. The van der Waals surface area contributed by atoms with Crippen LogP contribution in [0.1, 0.15) is 37.5 Å². The number of carbonyl (C=O) groups is 1. The van der Waals surface area contributed by atoms with Crippen molar-refractivity contribution in [1.82, 2.24) is 5.43 Å². The van der Waals surface area contributed by atoms with Gasteiger partial charge in [-0.2, -0.15) is 0 Å². The lowest BCUT2D eigenvalue weighted by atomic mass is 9.85. The Morgan fingerprint density at radius 2 is 2.00 bits per heavy atom. The third-order valence-electron chi connectivity index (χ3n) is 3.13. The van der Waals surface area contributed by atoms with Crippen molar-refractivity contribution >= 4 is 5.91 Å². The van der Waals surface area contributed by atoms with Gasteiger partial charge in [-0.05, 0) is 35.4 Å². The minimum absolute atomic E-state index is 0.125. The largest absolute Gasteiger partial charge is 0.320 e. The van der Waals surface area contributed by atoms with Gasteiger partial charge in [-0.3, -0.25) is 10.2 Å². The second-order valence-electron chi connectivity index (χ2n) is 5.71. The Kier molecular flexibility index (Phi) is 4.48. The standard InChI is InChI=1S/C14H23N3O/c1-9-7-11(14(2,3)4)6-5-10(9)8-12(15)13(18)17-16/h5-7,12H,8,15-16H2,1-4H3,(H,17,18).